The van der Waals surface area contributed by atoms with Gasteiger partial charge in [0.25, 0.3) is 0 Å². The topological polar surface area (TPSA) is 63.3 Å². The fraction of sp³-hybridized carbons (Fsp3) is 0.733. The average Bonchev–Trinajstić information content (AvgIpc) is 2.80. The third-order valence-corrected chi connectivity index (χ3v) is 4.91. The quantitative estimate of drug-likeness (QED) is 0.648. The molecule has 0 aromatic carbocycles. The van der Waals surface area contributed by atoms with Crippen molar-refractivity contribution in [3.63, 3.8) is 0 Å². The van der Waals surface area contributed by atoms with Crippen molar-refractivity contribution in [2.24, 2.45) is 10.7 Å². The first-order valence-electron chi connectivity index (χ1n) is 7.70. The Balaban J connectivity index is 1.76. The molecule has 1 heterocycles. The van der Waals surface area contributed by atoms with E-state index < -0.39 is 0 Å². The first-order valence-corrected chi connectivity index (χ1v) is 8.52. The molecule has 2 rings (SSSR count). The van der Waals surface area contributed by atoms with Crippen LogP contribution in [-0.4, -0.2) is 23.5 Å². The maximum atomic E-state index is 5.95. The first kappa shape index (κ1) is 15.3. The molecule has 20 heavy (non-hydrogen) atoms. The minimum Gasteiger partial charge on any atom is -0.370 e. The van der Waals surface area contributed by atoms with Crippen molar-refractivity contribution in [1.82, 2.24) is 10.3 Å². The SMILES string of the molecule is CCc1nc(CCN=C(N)NC2CCCCC2)sc1C. The van der Waals surface area contributed by atoms with E-state index in [2.05, 4.69) is 29.1 Å². The Morgan fingerprint density at radius 3 is 2.80 bits per heavy atom. The number of nitrogens with one attached hydrogen (secondary N) is 1. The summed E-state index contributed by atoms with van der Waals surface area (Å²) < 4.78 is 0. The average molecular weight is 294 g/mol. The predicted octanol–water partition coefficient (Wildman–Crippen LogP) is 2.79. The van der Waals surface area contributed by atoms with E-state index in [1.165, 1.54) is 47.7 Å². The molecule has 0 spiro atoms. The Morgan fingerprint density at radius 1 is 1.40 bits per heavy atom. The van der Waals surface area contributed by atoms with E-state index >= 15 is 0 Å². The normalized spacial score (nSPS) is 17.4. The van der Waals surface area contributed by atoms with Gasteiger partial charge in [0.15, 0.2) is 5.96 Å². The lowest BCUT2D eigenvalue weighted by atomic mass is 9.96. The fourth-order valence-electron chi connectivity index (χ4n) is 2.70. The highest BCUT2D eigenvalue weighted by Gasteiger charge is 2.13. The molecular formula is C15H26N4S. The molecule has 0 atom stereocenters. The molecule has 1 aromatic heterocycles. The van der Waals surface area contributed by atoms with Crippen LogP contribution in [0.1, 0.15) is 54.6 Å². The van der Waals surface area contributed by atoms with Crippen LogP contribution in [-0.2, 0) is 12.8 Å². The Labute approximate surface area is 125 Å². The largest absolute Gasteiger partial charge is 0.370 e. The number of aliphatic imine (C=N–C) groups is 1. The second-order valence-electron chi connectivity index (χ2n) is 5.46. The summed E-state index contributed by atoms with van der Waals surface area (Å²) >= 11 is 1.78. The number of hydrogen-bond acceptors (Lipinski definition) is 3. The van der Waals surface area contributed by atoms with Gasteiger partial charge in [-0.05, 0) is 26.2 Å². The van der Waals surface area contributed by atoms with Gasteiger partial charge >= 0.3 is 0 Å². The van der Waals surface area contributed by atoms with Crippen molar-refractivity contribution in [1.29, 1.82) is 0 Å². The van der Waals surface area contributed by atoms with Crippen LogP contribution in [0, 0.1) is 6.92 Å². The number of nitrogens with zero attached hydrogens (tertiary/aromatic N) is 2. The summed E-state index contributed by atoms with van der Waals surface area (Å²) in [6, 6.07) is 0.529. The van der Waals surface area contributed by atoms with E-state index in [9.17, 15) is 0 Å². The van der Waals surface area contributed by atoms with Gasteiger partial charge in [-0.3, -0.25) is 4.99 Å². The van der Waals surface area contributed by atoms with E-state index in [1.54, 1.807) is 11.3 Å². The number of hydrogen-bond donors (Lipinski definition) is 2. The van der Waals surface area contributed by atoms with Crippen LogP contribution >= 0.6 is 11.3 Å². The van der Waals surface area contributed by atoms with E-state index in [1.807, 2.05) is 0 Å². The summed E-state index contributed by atoms with van der Waals surface area (Å²) in [6.45, 7) is 5.01. The van der Waals surface area contributed by atoms with E-state index in [4.69, 9.17) is 5.73 Å². The number of rotatable bonds is 5. The monoisotopic (exact) mass is 294 g/mol. The molecule has 1 aromatic rings. The van der Waals surface area contributed by atoms with E-state index in [-0.39, 0.29) is 0 Å². The van der Waals surface area contributed by atoms with Crippen molar-refractivity contribution in [2.75, 3.05) is 6.54 Å². The van der Waals surface area contributed by atoms with Gasteiger partial charge in [0.2, 0.25) is 0 Å². The number of aryl methyl sites for hydroxylation is 2. The highest BCUT2D eigenvalue weighted by atomic mass is 32.1. The molecule has 112 valence electrons. The number of aromatic nitrogens is 1. The molecule has 1 fully saturated rings. The highest BCUT2D eigenvalue weighted by molar-refractivity contribution is 7.11. The van der Waals surface area contributed by atoms with Crippen LogP contribution in [0.25, 0.3) is 0 Å². The fourth-order valence-corrected chi connectivity index (χ4v) is 3.71. The molecule has 0 aliphatic heterocycles. The van der Waals surface area contributed by atoms with Crippen LogP contribution < -0.4 is 11.1 Å². The number of nitrogens with two attached hydrogens (primary N) is 1. The zero-order valence-electron chi connectivity index (χ0n) is 12.6. The zero-order valence-corrected chi connectivity index (χ0v) is 13.4. The zero-order chi connectivity index (χ0) is 14.4. The van der Waals surface area contributed by atoms with Crippen molar-refractivity contribution in [3.8, 4) is 0 Å². The standard InChI is InChI=1S/C15H26N4S/c1-3-13-11(2)20-14(19-13)9-10-17-15(16)18-12-7-5-4-6-8-12/h12H,3-10H2,1-2H3,(H3,16,17,18). The van der Waals surface area contributed by atoms with Gasteiger partial charge in [-0.15, -0.1) is 11.3 Å². The van der Waals surface area contributed by atoms with Gasteiger partial charge in [-0.1, -0.05) is 26.2 Å². The van der Waals surface area contributed by atoms with Crippen LogP contribution in [0.15, 0.2) is 4.99 Å². The van der Waals surface area contributed by atoms with Crippen LogP contribution in [0.2, 0.25) is 0 Å². The summed E-state index contributed by atoms with van der Waals surface area (Å²) in [5.41, 5.74) is 7.18. The Hall–Kier alpha value is -1.10. The summed E-state index contributed by atoms with van der Waals surface area (Å²) in [5.74, 6) is 0.598. The first-order chi connectivity index (χ1) is 9.69. The lowest BCUT2D eigenvalue weighted by Crippen LogP contribution is -2.41. The molecule has 3 N–H and O–H groups in total. The molecule has 1 aliphatic carbocycles. The van der Waals surface area contributed by atoms with Crippen LogP contribution in [0.4, 0.5) is 0 Å². The molecule has 5 heteroatoms. The third kappa shape index (κ3) is 4.47. The molecule has 4 nitrogen and oxygen atoms in total. The minimum absolute atomic E-state index is 0.529. The molecule has 1 aliphatic rings. The van der Waals surface area contributed by atoms with Gasteiger partial charge in [-0.25, -0.2) is 4.98 Å². The van der Waals surface area contributed by atoms with Crippen molar-refractivity contribution in [3.05, 3.63) is 15.6 Å². The number of thiazole rings is 1. The maximum Gasteiger partial charge on any atom is 0.188 e. The van der Waals surface area contributed by atoms with Gasteiger partial charge in [0.05, 0.1) is 10.7 Å². The summed E-state index contributed by atoms with van der Waals surface area (Å²) in [5, 5.41) is 4.52. The lowest BCUT2D eigenvalue weighted by Gasteiger charge is -2.23. The molecule has 0 radical (unpaired) electrons. The van der Waals surface area contributed by atoms with E-state index in [0.717, 1.165) is 19.4 Å². The predicted molar refractivity (Wildman–Crippen MR) is 86.4 cm³/mol. The Bertz CT molecular complexity index is 447. The molecule has 0 amide bonds. The molecule has 0 bridgehead atoms. The molecule has 1 saturated carbocycles. The van der Waals surface area contributed by atoms with Gasteiger partial charge < -0.3 is 11.1 Å². The van der Waals surface area contributed by atoms with Crippen LogP contribution in [0.5, 0.6) is 0 Å². The molecular weight excluding hydrogens is 268 g/mol. The minimum atomic E-state index is 0.529. The second kappa shape index (κ2) is 7.62. The highest BCUT2D eigenvalue weighted by Crippen LogP contribution is 2.18. The van der Waals surface area contributed by atoms with Crippen LogP contribution in [0.3, 0.4) is 0 Å². The second-order valence-corrected chi connectivity index (χ2v) is 6.75. The van der Waals surface area contributed by atoms with Crippen molar-refractivity contribution >= 4 is 17.3 Å². The van der Waals surface area contributed by atoms with Gasteiger partial charge in [0, 0.05) is 23.9 Å². The van der Waals surface area contributed by atoms with Gasteiger partial charge in [0.1, 0.15) is 0 Å². The van der Waals surface area contributed by atoms with E-state index in [0.29, 0.717) is 12.0 Å². The van der Waals surface area contributed by atoms with Crippen molar-refractivity contribution < 1.29 is 0 Å². The lowest BCUT2D eigenvalue weighted by molar-refractivity contribution is 0.412. The van der Waals surface area contributed by atoms with Gasteiger partial charge in [-0.2, -0.15) is 0 Å². The summed E-state index contributed by atoms with van der Waals surface area (Å²) in [7, 11) is 0. The van der Waals surface area contributed by atoms with Crippen molar-refractivity contribution in [2.45, 2.75) is 64.8 Å². The Kier molecular flexibility index (Phi) is 5.83. The number of guanidine groups is 1. The smallest absolute Gasteiger partial charge is 0.188 e. The summed E-state index contributed by atoms with van der Waals surface area (Å²) in [6.07, 6.45) is 8.32. The molecule has 0 unspecified atom stereocenters. The molecule has 0 saturated heterocycles. The third-order valence-electron chi connectivity index (χ3n) is 3.84. The maximum absolute atomic E-state index is 5.95. The summed E-state index contributed by atoms with van der Waals surface area (Å²) in [4.78, 5) is 10.4. The Morgan fingerprint density at radius 2 is 2.15 bits per heavy atom.